The van der Waals surface area contributed by atoms with E-state index in [2.05, 4.69) is 91.8 Å². The summed E-state index contributed by atoms with van der Waals surface area (Å²) in [5.74, 6) is 0. The lowest BCUT2D eigenvalue weighted by Crippen LogP contribution is -2.41. The number of allylic oxidation sites excluding steroid dienone is 2. The summed E-state index contributed by atoms with van der Waals surface area (Å²) < 4.78 is 0. The number of piperidine rings is 1. The Balaban J connectivity index is 0.000000483. The van der Waals surface area contributed by atoms with Crippen molar-refractivity contribution in [1.29, 1.82) is 0 Å². The monoisotopic (exact) mass is 588 g/mol. The van der Waals surface area contributed by atoms with Crippen LogP contribution in [0.1, 0.15) is 122 Å². The summed E-state index contributed by atoms with van der Waals surface area (Å²) in [5.41, 5.74) is 11.6. The van der Waals surface area contributed by atoms with Gasteiger partial charge in [0.15, 0.2) is 0 Å². The summed E-state index contributed by atoms with van der Waals surface area (Å²) >= 11 is 0. The number of unbranched alkanes of at least 4 members (excludes halogenated alkanes) is 3. The first-order valence-electron chi connectivity index (χ1n) is 16.8. The molecule has 0 atom stereocenters. The third kappa shape index (κ3) is 12.1. The van der Waals surface area contributed by atoms with Gasteiger partial charge in [-0.3, -0.25) is 0 Å². The number of hydrogen-bond acceptors (Lipinski definition) is 3. The molecule has 0 aromatic heterocycles. The molecule has 5 nitrogen and oxygen atoms in total. The van der Waals surface area contributed by atoms with Crippen molar-refractivity contribution >= 4 is 23.0 Å². The first-order valence-corrected chi connectivity index (χ1v) is 16.8. The molecule has 5 heteroatoms. The standard InChI is InChI=1S/C22H32N4O.C12H16.2C2H6/c1-4-5-6-10-15-26-18(3)21(19-16-17(2)11-12-20(19)26)23-24-22(27)25-13-8-7-9-14-25;1-4-5-11-6-8-12(9-7-11)10(2)3;2*1-2/h11-12,16H,3-10,13-15H2,1-2H3,(H,24,27);6-9H,2,4-5H2,1,3H3;2*1-2H3/b23-21+;;;. The molecule has 2 heterocycles. The number of aryl methyl sites for hydroxylation is 2. The third-order valence-corrected chi connectivity index (χ3v) is 7.42. The van der Waals surface area contributed by atoms with E-state index in [1.54, 1.807) is 0 Å². The van der Waals surface area contributed by atoms with Gasteiger partial charge in [-0.25, -0.2) is 10.2 Å². The number of anilines is 1. The molecule has 0 aliphatic carbocycles. The summed E-state index contributed by atoms with van der Waals surface area (Å²) in [5, 5.41) is 4.49. The minimum Gasteiger partial charge on any atom is -0.340 e. The number of urea groups is 1. The van der Waals surface area contributed by atoms with Crippen molar-refractivity contribution in [3.05, 3.63) is 83.6 Å². The Morgan fingerprint density at radius 3 is 2.14 bits per heavy atom. The van der Waals surface area contributed by atoms with Gasteiger partial charge in [-0.15, -0.1) is 0 Å². The average Bonchev–Trinajstić information content (AvgIpc) is 3.30. The van der Waals surface area contributed by atoms with E-state index in [0.29, 0.717) is 0 Å². The number of nitrogens with zero attached hydrogens (tertiary/aromatic N) is 3. The van der Waals surface area contributed by atoms with Gasteiger partial charge >= 0.3 is 6.03 Å². The number of benzene rings is 2. The molecule has 4 rings (SSSR count). The van der Waals surface area contributed by atoms with Crippen LogP contribution in [0.3, 0.4) is 0 Å². The van der Waals surface area contributed by atoms with Crippen LogP contribution in [0.25, 0.3) is 5.57 Å². The van der Waals surface area contributed by atoms with Crippen LogP contribution >= 0.6 is 0 Å². The van der Waals surface area contributed by atoms with E-state index in [0.717, 1.165) is 67.1 Å². The smallest absolute Gasteiger partial charge is 0.337 e. The quantitative estimate of drug-likeness (QED) is 0.234. The van der Waals surface area contributed by atoms with Gasteiger partial charge < -0.3 is 9.80 Å². The van der Waals surface area contributed by atoms with Gasteiger partial charge in [-0.1, -0.05) is 122 Å². The van der Waals surface area contributed by atoms with Crippen LogP contribution in [-0.2, 0) is 6.42 Å². The number of amides is 2. The number of carbonyl (C=O) groups excluding carboxylic acids is 1. The maximum Gasteiger partial charge on any atom is 0.337 e. The van der Waals surface area contributed by atoms with Crippen LogP contribution in [0.2, 0.25) is 0 Å². The maximum absolute atomic E-state index is 12.4. The van der Waals surface area contributed by atoms with E-state index in [4.69, 9.17) is 0 Å². The number of likely N-dealkylation sites (tertiary alicyclic amines) is 1. The van der Waals surface area contributed by atoms with E-state index in [1.165, 1.54) is 55.2 Å². The van der Waals surface area contributed by atoms with Gasteiger partial charge in [0, 0.05) is 25.2 Å². The van der Waals surface area contributed by atoms with Crippen molar-refractivity contribution in [3.63, 3.8) is 0 Å². The number of fused-ring (bicyclic) bond motifs is 1. The molecular formula is C38H60N4O. The van der Waals surface area contributed by atoms with Crippen molar-refractivity contribution in [1.82, 2.24) is 10.3 Å². The van der Waals surface area contributed by atoms with Crippen molar-refractivity contribution in [2.45, 2.75) is 113 Å². The van der Waals surface area contributed by atoms with Crippen LogP contribution in [0.5, 0.6) is 0 Å². The van der Waals surface area contributed by atoms with Gasteiger partial charge in [0.05, 0.1) is 11.4 Å². The maximum atomic E-state index is 12.4. The van der Waals surface area contributed by atoms with E-state index < -0.39 is 0 Å². The topological polar surface area (TPSA) is 47.9 Å². The number of rotatable bonds is 9. The molecule has 2 aliphatic rings. The Kier molecular flexibility index (Phi) is 18.7. The molecule has 2 amide bonds. The van der Waals surface area contributed by atoms with Gasteiger partial charge in [0.1, 0.15) is 5.71 Å². The zero-order chi connectivity index (χ0) is 32.2. The Morgan fingerprint density at radius 1 is 0.907 bits per heavy atom. The van der Waals surface area contributed by atoms with Gasteiger partial charge in [0.25, 0.3) is 0 Å². The lowest BCUT2D eigenvalue weighted by molar-refractivity contribution is 0.187. The van der Waals surface area contributed by atoms with Crippen LogP contribution < -0.4 is 10.3 Å². The Hall–Kier alpha value is -3.34. The highest BCUT2D eigenvalue weighted by Gasteiger charge is 2.29. The molecule has 1 fully saturated rings. The molecule has 2 aliphatic heterocycles. The second-order valence-electron chi connectivity index (χ2n) is 10.8. The fourth-order valence-electron chi connectivity index (χ4n) is 5.10. The molecule has 2 aromatic rings. The lowest BCUT2D eigenvalue weighted by Gasteiger charge is -2.25. The second-order valence-corrected chi connectivity index (χ2v) is 10.8. The third-order valence-electron chi connectivity index (χ3n) is 7.42. The molecular weight excluding hydrogens is 528 g/mol. The van der Waals surface area contributed by atoms with Crippen LogP contribution in [0.15, 0.2) is 66.4 Å². The Morgan fingerprint density at radius 2 is 1.56 bits per heavy atom. The van der Waals surface area contributed by atoms with Crippen LogP contribution in [0.4, 0.5) is 10.5 Å². The Labute approximate surface area is 264 Å². The molecule has 1 saturated heterocycles. The molecule has 0 spiro atoms. The van der Waals surface area contributed by atoms with Crippen molar-refractivity contribution in [2.75, 3.05) is 24.5 Å². The van der Waals surface area contributed by atoms with Gasteiger partial charge in [-0.2, -0.15) is 5.10 Å². The molecule has 238 valence electrons. The summed E-state index contributed by atoms with van der Waals surface area (Å²) in [6.45, 7) is 27.3. The van der Waals surface area contributed by atoms with Crippen molar-refractivity contribution in [3.8, 4) is 0 Å². The zero-order valence-electron chi connectivity index (χ0n) is 28.7. The minimum atomic E-state index is -0.106. The second kappa shape index (κ2) is 21.4. The fourth-order valence-corrected chi connectivity index (χ4v) is 5.10. The number of hydrazone groups is 1. The predicted molar refractivity (Wildman–Crippen MR) is 190 cm³/mol. The summed E-state index contributed by atoms with van der Waals surface area (Å²) in [7, 11) is 0. The number of carbonyl (C=O) groups is 1. The molecule has 0 radical (unpaired) electrons. The molecule has 43 heavy (non-hydrogen) atoms. The summed E-state index contributed by atoms with van der Waals surface area (Å²) in [6, 6.07) is 15.0. The molecule has 0 saturated carbocycles. The van der Waals surface area contributed by atoms with Crippen LogP contribution in [0, 0.1) is 6.92 Å². The minimum absolute atomic E-state index is 0.106. The molecule has 2 aromatic carbocycles. The predicted octanol–water partition coefficient (Wildman–Crippen LogP) is 10.5. The highest BCUT2D eigenvalue weighted by molar-refractivity contribution is 6.22. The van der Waals surface area contributed by atoms with Gasteiger partial charge in [-0.05, 0) is 69.2 Å². The normalized spacial score (nSPS) is 14.4. The molecule has 0 bridgehead atoms. The van der Waals surface area contributed by atoms with Crippen molar-refractivity contribution < 1.29 is 4.79 Å². The largest absolute Gasteiger partial charge is 0.340 e. The zero-order valence-corrected chi connectivity index (χ0v) is 28.7. The SMILES string of the molecule is C=C(C)c1ccc(CCC)cc1.C=C1/C(=N\NC(=O)N2CCCCC2)c2cc(C)ccc2N1CCCCCC.CC.CC. The fraction of sp³-hybridized carbons (Fsp3) is 0.526. The average molecular weight is 589 g/mol. The highest BCUT2D eigenvalue weighted by Crippen LogP contribution is 2.35. The van der Waals surface area contributed by atoms with E-state index in [9.17, 15) is 4.79 Å². The lowest BCUT2D eigenvalue weighted by atomic mass is 10.0. The number of nitrogens with one attached hydrogen (secondary N) is 1. The van der Waals surface area contributed by atoms with Crippen LogP contribution in [-0.4, -0.2) is 36.3 Å². The summed E-state index contributed by atoms with van der Waals surface area (Å²) in [6.07, 6.45) is 10.6. The first-order chi connectivity index (χ1) is 20.8. The van der Waals surface area contributed by atoms with Crippen molar-refractivity contribution in [2.24, 2.45) is 5.10 Å². The number of hydrogen-bond donors (Lipinski definition) is 1. The Bertz CT molecular complexity index is 1140. The highest BCUT2D eigenvalue weighted by atomic mass is 16.2. The molecule has 0 unspecified atom stereocenters. The van der Waals surface area contributed by atoms with E-state index in [-0.39, 0.29) is 6.03 Å². The summed E-state index contributed by atoms with van der Waals surface area (Å²) in [4.78, 5) is 16.5. The van der Waals surface area contributed by atoms with Gasteiger partial charge in [0.2, 0.25) is 0 Å². The van der Waals surface area contributed by atoms with E-state index in [1.807, 2.05) is 39.5 Å². The molecule has 1 N–H and O–H groups in total. The first kappa shape index (κ1) is 37.7. The van der Waals surface area contributed by atoms with E-state index >= 15 is 0 Å².